The van der Waals surface area contributed by atoms with Gasteiger partial charge < -0.3 is 5.11 Å². The minimum Gasteiger partial charge on any atom is -0.478 e. The van der Waals surface area contributed by atoms with Crippen molar-refractivity contribution in [1.82, 2.24) is 14.4 Å². The number of aromatic carboxylic acids is 1. The largest absolute Gasteiger partial charge is 0.478 e. The Labute approximate surface area is 80.0 Å². The van der Waals surface area contributed by atoms with Gasteiger partial charge in [0.2, 0.25) is 0 Å². The van der Waals surface area contributed by atoms with Crippen LogP contribution in [0.1, 0.15) is 22.0 Å². The third-order valence-corrected chi connectivity index (χ3v) is 2.03. The molecule has 2 heterocycles. The number of nitrogens with zero attached hydrogens (tertiary/aromatic N) is 3. The lowest BCUT2D eigenvalue weighted by molar-refractivity contribution is 0.0699. The number of fused-ring (bicyclic) bond motifs is 1. The molecule has 0 saturated heterocycles. The molecule has 0 aliphatic carbocycles. The van der Waals surface area contributed by atoms with E-state index in [-0.39, 0.29) is 5.56 Å². The maximum atomic E-state index is 10.8. The fraction of sp³-hybridized carbons (Fsp3) is 0.222. The Morgan fingerprint density at radius 1 is 1.43 bits per heavy atom. The van der Waals surface area contributed by atoms with E-state index >= 15 is 0 Å². The zero-order valence-corrected chi connectivity index (χ0v) is 7.85. The van der Waals surface area contributed by atoms with Crippen molar-refractivity contribution >= 4 is 11.6 Å². The summed E-state index contributed by atoms with van der Waals surface area (Å²) in [5.74, 6) is 0.348. The molecule has 72 valence electrons. The van der Waals surface area contributed by atoms with Crippen LogP contribution in [0.5, 0.6) is 0 Å². The fourth-order valence-corrected chi connectivity index (χ4v) is 1.43. The molecule has 0 bridgehead atoms. The van der Waals surface area contributed by atoms with Crippen molar-refractivity contribution in [1.29, 1.82) is 0 Å². The third kappa shape index (κ3) is 1.14. The number of aromatic nitrogens is 3. The molecule has 0 spiro atoms. The summed E-state index contributed by atoms with van der Waals surface area (Å²) >= 11 is 0. The summed E-state index contributed by atoms with van der Waals surface area (Å²) < 4.78 is 1.66. The molecular weight excluding hydrogens is 182 g/mol. The number of rotatable bonds is 1. The molecule has 0 fully saturated rings. The molecule has 0 aliphatic heterocycles. The highest BCUT2D eigenvalue weighted by Gasteiger charge is 2.12. The van der Waals surface area contributed by atoms with Crippen molar-refractivity contribution in [3.05, 3.63) is 29.5 Å². The van der Waals surface area contributed by atoms with Gasteiger partial charge in [0.1, 0.15) is 17.2 Å². The van der Waals surface area contributed by atoms with Gasteiger partial charge in [-0.15, -0.1) is 0 Å². The van der Waals surface area contributed by atoms with Crippen LogP contribution in [0, 0.1) is 13.8 Å². The SMILES string of the molecule is Cc1nc(C)n2ccc(C(=O)O)c2n1. The maximum Gasteiger partial charge on any atom is 0.339 e. The molecular formula is C9H9N3O2. The number of hydrogen-bond donors (Lipinski definition) is 1. The van der Waals surface area contributed by atoms with Crippen molar-refractivity contribution in [2.75, 3.05) is 0 Å². The Kier molecular flexibility index (Phi) is 1.73. The summed E-state index contributed by atoms with van der Waals surface area (Å²) in [4.78, 5) is 19.0. The first kappa shape index (κ1) is 8.68. The van der Waals surface area contributed by atoms with E-state index in [1.807, 2.05) is 6.92 Å². The van der Waals surface area contributed by atoms with Crippen LogP contribution in [0.25, 0.3) is 5.65 Å². The molecule has 5 heteroatoms. The Hall–Kier alpha value is -1.91. The molecule has 5 nitrogen and oxygen atoms in total. The first-order valence-corrected chi connectivity index (χ1v) is 4.15. The first-order valence-electron chi connectivity index (χ1n) is 4.15. The predicted octanol–water partition coefficient (Wildman–Crippen LogP) is 1.04. The smallest absolute Gasteiger partial charge is 0.339 e. The van der Waals surface area contributed by atoms with Crippen LogP contribution in [0.4, 0.5) is 0 Å². The van der Waals surface area contributed by atoms with Crippen LogP contribution >= 0.6 is 0 Å². The molecule has 0 unspecified atom stereocenters. The zero-order valence-electron chi connectivity index (χ0n) is 7.85. The molecule has 0 aromatic carbocycles. The number of carboxylic acids is 1. The first-order chi connectivity index (χ1) is 6.59. The second-order valence-corrected chi connectivity index (χ2v) is 3.05. The Balaban J connectivity index is 2.85. The molecule has 0 atom stereocenters. The minimum atomic E-state index is -0.968. The second kappa shape index (κ2) is 2.80. The van der Waals surface area contributed by atoms with Crippen LogP contribution in [0.15, 0.2) is 12.3 Å². The maximum absolute atomic E-state index is 10.8. The normalized spacial score (nSPS) is 10.7. The summed E-state index contributed by atoms with van der Waals surface area (Å²) in [6, 6.07) is 1.53. The second-order valence-electron chi connectivity index (χ2n) is 3.05. The molecule has 0 aliphatic rings. The highest BCUT2D eigenvalue weighted by molar-refractivity contribution is 5.94. The van der Waals surface area contributed by atoms with E-state index in [0.29, 0.717) is 11.5 Å². The molecule has 2 aromatic heterocycles. The third-order valence-electron chi connectivity index (χ3n) is 2.03. The lowest BCUT2D eigenvalue weighted by Gasteiger charge is -2.00. The summed E-state index contributed by atoms with van der Waals surface area (Å²) in [5.41, 5.74) is 0.654. The Bertz CT molecular complexity index is 516. The lowest BCUT2D eigenvalue weighted by atomic mass is 10.3. The summed E-state index contributed by atoms with van der Waals surface area (Å²) in [6.45, 7) is 3.55. The number of carbonyl (C=O) groups is 1. The molecule has 0 saturated carbocycles. The summed E-state index contributed by atoms with van der Waals surface area (Å²) in [6.07, 6.45) is 1.66. The van der Waals surface area contributed by atoms with Gasteiger partial charge in [0.05, 0.1) is 0 Å². The van der Waals surface area contributed by atoms with E-state index in [2.05, 4.69) is 9.97 Å². The van der Waals surface area contributed by atoms with Crippen molar-refractivity contribution < 1.29 is 9.90 Å². The molecule has 1 N–H and O–H groups in total. The zero-order chi connectivity index (χ0) is 10.3. The summed E-state index contributed by atoms with van der Waals surface area (Å²) in [7, 11) is 0. The van der Waals surface area contributed by atoms with Gasteiger partial charge in [-0.05, 0) is 19.9 Å². The average molecular weight is 191 g/mol. The van der Waals surface area contributed by atoms with Gasteiger partial charge >= 0.3 is 5.97 Å². The van der Waals surface area contributed by atoms with E-state index in [0.717, 1.165) is 5.82 Å². The van der Waals surface area contributed by atoms with Crippen molar-refractivity contribution in [2.45, 2.75) is 13.8 Å². The van der Waals surface area contributed by atoms with Crippen molar-refractivity contribution in [3.63, 3.8) is 0 Å². The van der Waals surface area contributed by atoms with Crippen LogP contribution in [-0.4, -0.2) is 25.4 Å². The van der Waals surface area contributed by atoms with Gasteiger partial charge in [0, 0.05) is 6.20 Å². The van der Waals surface area contributed by atoms with E-state index in [9.17, 15) is 4.79 Å². The molecule has 0 radical (unpaired) electrons. The number of aryl methyl sites for hydroxylation is 2. The molecule has 14 heavy (non-hydrogen) atoms. The number of carboxylic acid groups (broad SMARTS) is 1. The molecule has 0 amide bonds. The van der Waals surface area contributed by atoms with Gasteiger partial charge in [0.25, 0.3) is 0 Å². The quantitative estimate of drug-likeness (QED) is 0.731. The van der Waals surface area contributed by atoms with Gasteiger partial charge in [-0.2, -0.15) is 0 Å². The van der Waals surface area contributed by atoms with E-state index in [1.54, 1.807) is 17.5 Å². The lowest BCUT2D eigenvalue weighted by Crippen LogP contribution is -2.03. The van der Waals surface area contributed by atoms with E-state index in [4.69, 9.17) is 5.11 Å². The Morgan fingerprint density at radius 3 is 2.79 bits per heavy atom. The Morgan fingerprint density at radius 2 is 2.14 bits per heavy atom. The summed E-state index contributed by atoms with van der Waals surface area (Å²) in [5, 5.41) is 8.88. The van der Waals surface area contributed by atoms with Crippen LogP contribution in [-0.2, 0) is 0 Å². The minimum absolute atomic E-state index is 0.207. The average Bonchev–Trinajstić information content (AvgIpc) is 2.47. The van der Waals surface area contributed by atoms with Crippen LogP contribution in [0.3, 0.4) is 0 Å². The van der Waals surface area contributed by atoms with E-state index in [1.165, 1.54) is 6.07 Å². The highest BCUT2D eigenvalue weighted by Crippen LogP contribution is 2.11. The van der Waals surface area contributed by atoms with Crippen LogP contribution in [0.2, 0.25) is 0 Å². The standard InChI is InChI=1S/C9H9N3O2/c1-5-10-6(2)12-4-3-7(9(13)14)8(12)11-5/h3-4H,1-2H3,(H,13,14). The predicted molar refractivity (Wildman–Crippen MR) is 49.4 cm³/mol. The highest BCUT2D eigenvalue weighted by atomic mass is 16.4. The van der Waals surface area contributed by atoms with E-state index < -0.39 is 5.97 Å². The van der Waals surface area contributed by atoms with Gasteiger partial charge in [0.15, 0.2) is 5.65 Å². The van der Waals surface area contributed by atoms with Gasteiger partial charge in [-0.25, -0.2) is 14.8 Å². The van der Waals surface area contributed by atoms with Gasteiger partial charge in [-0.3, -0.25) is 4.40 Å². The van der Waals surface area contributed by atoms with Crippen molar-refractivity contribution in [2.24, 2.45) is 0 Å². The van der Waals surface area contributed by atoms with Crippen molar-refractivity contribution in [3.8, 4) is 0 Å². The van der Waals surface area contributed by atoms with Crippen LogP contribution < -0.4 is 0 Å². The number of hydrogen-bond acceptors (Lipinski definition) is 3. The monoisotopic (exact) mass is 191 g/mol. The molecule has 2 aromatic rings. The fourth-order valence-electron chi connectivity index (χ4n) is 1.43. The topological polar surface area (TPSA) is 67.5 Å². The molecule has 2 rings (SSSR count). The van der Waals surface area contributed by atoms with Gasteiger partial charge in [-0.1, -0.05) is 0 Å².